The molecule has 0 aliphatic carbocycles. The molecule has 1 aliphatic rings. The second kappa shape index (κ2) is 6.79. The van der Waals surface area contributed by atoms with Crippen molar-refractivity contribution in [1.29, 1.82) is 0 Å². The first kappa shape index (κ1) is 15.5. The Labute approximate surface area is 136 Å². The van der Waals surface area contributed by atoms with Gasteiger partial charge in [0.1, 0.15) is 11.4 Å². The van der Waals surface area contributed by atoms with Gasteiger partial charge >= 0.3 is 0 Å². The van der Waals surface area contributed by atoms with Gasteiger partial charge in [0.05, 0.1) is 13.2 Å². The summed E-state index contributed by atoms with van der Waals surface area (Å²) in [4.78, 5) is 19.2. The smallest absolute Gasteiger partial charge is 0.273 e. The van der Waals surface area contributed by atoms with Gasteiger partial charge in [-0.15, -0.1) is 0 Å². The van der Waals surface area contributed by atoms with Crippen LogP contribution in [0.3, 0.4) is 0 Å². The number of aryl methyl sites for hydroxylation is 1. The molecule has 2 aromatic rings. The maximum Gasteiger partial charge on any atom is 0.273 e. The van der Waals surface area contributed by atoms with Crippen LogP contribution in [-0.2, 0) is 0 Å². The van der Waals surface area contributed by atoms with E-state index in [1.165, 1.54) is 0 Å². The number of nitrogens with zero attached hydrogens (tertiary/aromatic N) is 2. The number of carbonyl (C=O) groups excluding carboxylic acids is 1. The predicted molar refractivity (Wildman–Crippen MR) is 88.6 cm³/mol. The fourth-order valence-electron chi connectivity index (χ4n) is 2.98. The molecule has 5 nitrogen and oxygen atoms in total. The number of pyridine rings is 1. The average molecular weight is 311 g/mol. The monoisotopic (exact) mass is 311 g/mol. The van der Waals surface area contributed by atoms with Crippen molar-refractivity contribution in [2.45, 2.75) is 13.0 Å². The molecule has 0 bridgehead atoms. The molecule has 1 atom stereocenters. The number of ether oxygens (including phenoxy) is 1. The van der Waals surface area contributed by atoms with Crippen LogP contribution in [0.15, 0.2) is 42.5 Å². The summed E-state index contributed by atoms with van der Waals surface area (Å²) in [6.07, 6.45) is 0. The van der Waals surface area contributed by atoms with Crippen LogP contribution in [0.2, 0.25) is 0 Å². The summed E-state index contributed by atoms with van der Waals surface area (Å²) in [5.41, 5.74) is 2.36. The zero-order chi connectivity index (χ0) is 16.2. The Hall–Kier alpha value is -2.40. The van der Waals surface area contributed by atoms with Gasteiger partial charge in [-0.05, 0) is 25.1 Å². The van der Waals surface area contributed by atoms with Crippen molar-refractivity contribution in [3.63, 3.8) is 0 Å². The molecule has 23 heavy (non-hydrogen) atoms. The van der Waals surface area contributed by atoms with Gasteiger partial charge in [-0.1, -0.05) is 24.3 Å². The van der Waals surface area contributed by atoms with Crippen molar-refractivity contribution in [3.05, 3.63) is 59.4 Å². The minimum absolute atomic E-state index is 0.0360. The van der Waals surface area contributed by atoms with Crippen molar-refractivity contribution in [2.75, 3.05) is 26.7 Å². The van der Waals surface area contributed by atoms with Crippen LogP contribution in [-0.4, -0.2) is 42.5 Å². The summed E-state index contributed by atoms with van der Waals surface area (Å²) in [7, 11) is 1.66. The van der Waals surface area contributed by atoms with Crippen LogP contribution in [0, 0.1) is 6.92 Å². The standard InChI is InChI=1S/C18H21N3O2/c1-13-6-5-8-15(20-13)18(22)21-11-10-19-12-16(21)14-7-3-4-9-17(14)23-2/h3-9,16,19H,10-12H2,1-2H3. The van der Waals surface area contributed by atoms with Gasteiger partial charge in [0.25, 0.3) is 5.91 Å². The molecule has 1 amide bonds. The summed E-state index contributed by atoms with van der Waals surface area (Å²) in [6, 6.07) is 13.3. The third kappa shape index (κ3) is 3.19. The molecule has 1 saturated heterocycles. The molecule has 0 radical (unpaired) electrons. The molecule has 1 unspecified atom stereocenters. The first-order valence-electron chi connectivity index (χ1n) is 7.79. The molecule has 1 aliphatic heterocycles. The lowest BCUT2D eigenvalue weighted by Gasteiger charge is -2.37. The van der Waals surface area contributed by atoms with E-state index in [1.54, 1.807) is 13.2 Å². The summed E-state index contributed by atoms with van der Waals surface area (Å²) in [5, 5.41) is 3.36. The Bertz CT molecular complexity index is 702. The highest BCUT2D eigenvalue weighted by atomic mass is 16.5. The molecule has 0 saturated carbocycles. The lowest BCUT2D eigenvalue weighted by atomic mass is 10.0. The van der Waals surface area contributed by atoms with Gasteiger partial charge in [0, 0.05) is 30.9 Å². The fraction of sp³-hybridized carbons (Fsp3) is 0.333. The van der Waals surface area contributed by atoms with Crippen molar-refractivity contribution < 1.29 is 9.53 Å². The molecule has 1 fully saturated rings. The number of rotatable bonds is 3. The van der Waals surface area contributed by atoms with Crippen LogP contribution >= 0.6 is 0 Å². The Kier molecular flexibility index (Phi) is 4.57. The van der Waals surface area contributed by atoms with E-state index >= 15 is 0 Å². The van der Waals surface area contributed by atoms with E-state index in [4.69, 9.17) is 4.74 Å². The molecular weight excluding hydrogens is 290 g/mol. The number of piperazine rings is 1. The van der Waals surface area contributed by atoms with Gasteiger partial charge in [0.2, 0.25) is 0 Å². The van der Waals surface area contributed by atoms with Crippen LogP contribution in [0.25, 0.3) is 0 Å². The minimum atomic E-state index is -0.0605. The minimum Gasteiger partial charge on any atom is -0.496 e. The summed E-state index contributed by atoms with van der Waals surface area (Å²) < 4.78 is 5.47. The third-order valence-corrected chi connectivity index (χ3v) is 4.11. The molecular formula is C18H21N3O2. The number of carbonyl (C=O) groups is 1. The Morgan fingerprint density at radius 3 is 2.87 bits per heavy atom. The fourth-order valence-corrected chi connectivity index (χ4v) is 2.98. The normalized spacial score (nSPS) is 17.8. The number of hydrogen-bond acceptors (Lipinski definition) is 4. The van der Waals surface area contributed by atoms with Gasteiger partial charge in [-0.25, -0.2) is 4.98 Å². The lowest BCUT2D eigenvalue weighted by Crippen LogP contribution is -2.49. The largest absolute Gasteiger partial charge is 0.496 e. The lowest BCUT2D eigenvalue weighted by molar-refractivity contribution is 0.0625. The van der Waals surface area contributed by atoms with Crippen LogP contribution in [0.5, 0.6) is 5.75 Å². The van der Waals surface area contributed by atoms with Gasteiger partial charge in [-0.3, -0.25) is 4.79 Å². The summed E-state index contributed by atoms with van der Waals surface area (Å²) in [6.45, 7) is 4.03. The van der Waals surface area contributed by atoms with Crippen LogP contribution < -0.4 is 10.1 Å². The van der Waals surface area contributed by atoms with Gasteiger partial charge in [0.15, 0.2) is 0 Å². The van der Waals surface area contributed by atoms with E-state index in [2.05, 4.69) is 10.3 Å². The topological polar surface area (TPSA) is 54.5 Å². The van der Waals surface area contributed by atoms with Crippen molar-refractivity contribution >= 4 is 5.91 Å². The number of methoxy groups -OCH3 is 1. The van der Waals surface area contributed by atoms with Crippen molar-refractivity contribution in [1.82, 2.24) is 15.2 Å². The Morgan fingerprint density at radius 1 is 1.26 bits per heavy atom. The van der Waals surface area contributed by atoms with E-state index in [0.29, 0.717) is 18.8 Å². The highest BCUT2D eigenvalue weighted by molar-refractivity contribution is 5.92. The third-order valence-electron chi connectivity index (χ3n) is 4.11. The average Bonchev–Trinajstić information content (AvgIpc) is 2.61. The van der Waals surface area contributed by atoms with E-state index < -0.39 is 0 Å². The molecule has 1 aromatic heterocycles. The number of amides is 1. The van der Waals surface area contributed by atoms with Gasteiger partial charge in [-0.2, -0.15) is 0 Å². The first-order chi connectivity index (χ1) is 11.2. The highest BCUT2D eigenvalue weighted by Crippen LogP contribution is 2.30. The molecule has 2 heterocycles. The molecule has 5 heteroatoms. The summed E-state index contributed by atoms with van der Waals surface area (Å²) in [5.74, 6) is 0.766. The molecule has 1 N–H and O–H groups in total. The number of nitrogens with one attached hydrogen (secondary N) is 1. The second-order valence-electron chi connectivity index (χ2n) is 5.62. The first-order valence-corrected chi connectivity index (χ1v) is 7.79. The maximum atomic E-state index is 12.9. The van der Waals surface area contributed by atoms with E-state index in [1.807, 2.05) is 48.2 Å². The highest BCUT2D eigenvalue weighted by Gasteiger charge is 2.30. The predicted octanol–water partition coefficient (Wildman–Crippen LogP) is 2.19. The Morgan fingerprint density at radius 2 is 2.09 bits per heavy atom. The number of aromatic nitrogens is 1. The molecule has 1 aromatic carbocycles. The van der Waals surface area contributed by atoms with Crippen molar-refractivity contribution in [3.8, 4) is 5.75 Å². The SMILES string of the molecule is COc1ccccc1C1CNCCN1C(=O)c1cccc(C)n1. The van der Waals surface area contributed by atoms with Crippen LogP contribution in [0.1, 0.15) is 27.8 Å². The number of benzene rings is 1. The quantitative estimate of drug-likeness (QED) is 0.944. The molecule has 0 spiro atoms. The zero-order valence-electron chi connectivity index (χ0n) is 13.5. The maximum absolute atomic E-state index is 12.9. The second-order valence-corrected chi connectivity index (χ2v) is 5.62. The van der Waals surface area contributed by atoms with E-state index in [0.717, 1.165) is 23.6 Å². The number of hydrogen-bond donors (Lipinski definition) is 1. The Balaban J connectivity index is 1.94. The van der Waals surface area contributed by atoms with E-state index in [9.17, 15) is 4.79 Å². The molecule has 120 valence electrons. The number of para-hydroxylation sites is 1. The zero-order valence-corrected chi connectivity index (χ0v) is 13.5. The summed E-state index contributed by atoms with van der Waals surface area (Å²) >= 11 is 0. The molecule has 3 rings (SSSR count). The van der Waals surface area contributed by atoms with E-state index in [-0.39, 0.29) is 11.9 Å². The van der Waals surface area contributed by atoms with Gasteiger partial charge < -0.3 is 15.0 Å². The van der Waals surface area contributed by atoms with Crippen molar-refractivity contribution in [2.24, 2.45) is 0 Å². The van der Waals surface area contributed by atoms with Crippen LogP contribution in [0.4, 0.5) is 0 Å².